The van der Waals surface area contributed by atoms with Gasteiger partial charge in [-0.05, 0) is 37.1 Å². The van der Waals surface area contributed by atoms with Gasteiger partial charge in [0.15, 0.2) is 0 Å². The summed E-state index contributed by atoms with van der Waals surface area (Å²) in [6, 6.07) is 7.45. The van der Waals surface area contributed by atoms with E-state index in [0.29, 0.717) is 12.2 Å². The lowest BCUT2D eigenvalue weighted by Gasteiger charge is -2.02. The van der Waals surface area contributed by atoms with Gasteiger partial charge in [-0.2, -0.15) is 0 Å². The molecule has 112 valence electrons. The fourth-order valence-corrected chi connectivity index (χ4v) is 1.64. The Hall–Kier alpha value is -2.21. The highest BCUT2D eigenvalue weighted by molar-refractivity contribution is 5.98. The normalized spacial score (nSPS) is 10.5. The number of benzene rings is 1. The van der Waals surface area contributed by atoms with E-state index in [1.165, 1.54) is 0 Å². The smallest absolute Gasteiger partial charge is 0.346 e. The van der Waals surface area contributed by atoms with Gasteiger partial charge in [-0.3, -0.25) is 0 Å². The topological polar surface area (TPSA) is 35.5 Å². The summed E-state index contributed by atoms with van der Waals surface area (Å²) in [6.45, 7) is 4.24. The first kappa shape index (κ1) is 16.8. The molecule has 0 atom stereocenters. The molecule has 0 saturated carbocycles. The fraction of sp³-hybridized carbons (Fsp3) is 0.389. The number of unbranched alkanes of at least 4 members (excludes halogenated alkanes) is 2. The molecule has 0 fully saturated rings. The Morgan fingerprint density at radius 1 is 1.24 bits per heavy atom. The number of esters is 1. The van der Waals surface area contributed by atoms with Crippen LogP contribution < -0.4 is 4.74 Å². The molecule has 0 spiro atoms. The zero-order chi connectivity index (χ0) is 15.5. The fourth-order valence-electron chi connectivity index (χ4n) is 1.64. The quantitative estimate of drug-likeness (QED) is 0.345. The summed E-state index contributed by atoms with van der Waals surface area (Å²) in [4.78, 5) is 11.9. The van der Waals surface area contributed by atoms with Crippen molar-refractivity contribution in [1.82, 2.24) is 0 Å². The van der Waals surface area contributed by atoms with Crippen LogP contribution in [0, 0.1) is 11.8 Å². The molecule has 0 N–H and O–H groups in total. The van der Waals surface area contributed by atoms with Crippen molar-refractivity contribution in [2.24, 2.45) is 0 Å². The second-order valence-electron chi connectivity index (χ2n) is 4.46. The van der Waals surface area contributed by atoms with Gasteiger partial charge in [0.05, 0.1) is 13.7 Å². The Kier molecular flexibility index (Phi) is 7.74. The summed E-state index contributed by atoms with van der Waals surface area (Å²) in [5, 5.41) is 0. The third kappa shape index (κ3) is 6.18. The largest absolute Gasteiger partial charge is 0.497 e. The second kappa shape index (κ2) is 9.66. The Labute approximate surface area is 127 Å². The second-order valence-corrected chi connectivity index (χ2v) is 4.46. The van der Waals surface area contributed by atoms with Crippen LogP contribution in [0.15, 0.2) is 29.8 Å². The number of ether oxygens (including phenoxy) is 2. The molecule has 0 aromatic heterocycles. The lowest BCUT2D eigenvalue weighted by atomic mass is 10.1. The summed E-state index contributed by atoms with van der Waals surface area (Å²) < 4.78 is 10.2. The Bertz CT molecular complexity index is 530. The molecule has 0 bridgehead atoms. The van der Waals surface area contributed by atoms with Gasteiger partial charge in [0, 0.05) is 6.42 Å². The van der Waals surface area contributed by atoms with E-state index in [1.807, 2.05) is 24.3 Å². The highest BCUT2D eigenvalue weighted by Gasteiger charge is 2.07. The predicted octanol–water partition coefficient (Wildman–Crippen LogP) is 3.84. The minimum Gasteiger partial charge on any atom is -0.497 e. The Morgan fingerprint density at radius 3 is 2.52 bits per heavy atom. The molecule has 1 aromatic carbocycles. The molecule has 1 rings (SSSR count). The summed E-state index contributed by atoms with van der Waals surface area (Å²) in [7, 11) is 1.62. The average Bonchev–Trinajstić information content (AvgIpc) is 2.51. The van der Waals surface area contributed by atoms with Crippen molar-refractivity contribution in [1.29, 1.82) is 0 Å². The van der Waals surface area contributed by atoms with Crippen LogP contribution in [0.5, 0.6) is 5.75 Å². The third-order valence-corrected chi connectivity index (χ3v) is 2.80. The number of carbonyl (C=O) groups excluding carboxylic acids is 1. The summed E-state index contributed by atoms with van der Waals surface area (Å²) >= 11 is 0. The van der Waals surface area contributed by atoms with Crippen molar-refractivity contribution in [2.75, 3.05) is 13.7 Å². The minimum atomic E-state index is -0.377. The third-order valence-electron chi connectivity index (χ3n) is 2.80. The molecule has 0 amide bonds. The summed E-state index contributed by atoms with van der Waals surface area (Å²) in [5.41, 5.74) is 1.28. The lowest BCUT2D eigenvalue weighted by Crippen LogP contribution is -2.06. The number of hydrogen-bond donors (Lipinski definition) is 0. The number of rotatable bonds is 6. The molecule has 0 aliphatic carbocycles. The van der Waals surface area contributed by atoms with Crippen LogP contribution in [-0.4, -0.2) is 19.7 Å². The van der Waals surface area contributed by atoms with Crippen LogP contribution in [-0.2, 0) is 9.53 Å². The molecule has 1 aromatic rings. The maximum atomic E-state index is 11.9. The first-order chi connectivity index (χ1) is 10.2. The van der Waals surface area contributed by atoms with Crippen LogP contribution in [0.3, 0.4) is 0 Å². The van der Waals surface area contributed by atoms with Gasteiger partial charge in [-0.25, -0.2) is 4.79 Å². The molecule has 0 saturated heterocycles. The van der Waals surface area contributed by atoms with Crippen molar-refractivity contribution in [3.63, 3.8) is 0 Å². The Balaban J connectivity index is 2.93. The molecule has 0 aliphatic heterocycles. The van der Waals surface area contributed by atoms with Gasteiger partial charge in [0.2, 0.25) is 0 Å². The first-order valence-corrected chi connectivity index (χ1v) is 7.23. The van der Waals surface area contributed by atoms with Gasteiger partial charge < -0.3 is 9.47 Å². The van der Waals surface area contributed by atoms with Gasteiger partial charge in [-0.1, -0.05) is 37.3 Å². The van der Waals surface area contributed by atoms with E-state index in [9.17, 15) is 4.79 Å². The summed E-state index contributed by atoms with van der Waals surface area (Å²) in [5.74, 6) is 6.35. The van der Waals surface area contributed by atoms with Crippen molar-refractivity contribution in [3.8, 4) is 17.6 Å². The monoisotopic (exact) mass is 286 g/mol. The average molecular weight is 286 g/mol. The molecule has 0 radical (unpaired) electrons. The van der Waals surface area contributed by atoms with E-state index in [2.05, 4.69) is 18.8 Å². The molecular formula is C18H22O3. The van der Waals surface area contributed by atoms with Crippen molar-refractivity contribution >= 4 is 12.0 Å². The van der Waals surface area contributed by atoms with Gasteiger partial charge in [0.25, 0.3) is 0 Å². The van der Waals surface area contributed by atoms with Gasteiger partial charge >= 0.3 is 5.97 Å². The molecule has 21 heavy (non-hydrogen) atoms. The van der Waals surface area contributed by atoms with E-state index in [0.717, 1.165) is 30.6 Å². The standard InChI is InChI=1S/C18H22O3/c1-4-6-7-8-9-16(18(19)21-5-2)14-15-10-12-17(20-3)13-11-15/h10-14H,4-7H2,1-3H3/b16-14+. The van der Waals surface area contributed by atoms with Crippen LogP contribution in [0.1, 0.15) is 38.7 Å². The van der Waals surface area contributed by atoms with Crippen LogP contribution in [0.2, 0.25) is 0 Å². The molecule has 3 heteroatoms. The van der Waals surface area contributed by atoms with Gasteiger partial charge in [0.1, 0.15) is 11.3 Å². The van der Waals surface area contributed by atoms with E-state index < -0.39 is 0 Å². The van der Waals surface area contributed by atoms with Crippen molar-refractivity contribution < 1.29 is 14.3 Å². The highest BCUT2D eigenvalue weighted by atomic mass is 16.5. The predicted molar refractivity (Wildman–Crippen MR) is 84.9 cm³/mol. The summed E-state index contributed by atoms with van der Waals surface area (Å²) in [6.07, 6.45) is 4.66. The number of carbonyl (C=O) groups is 1. The number of methoxy groups -OCH3 is 1. The van der Waals surface area contributed by atoms with Crippen LogP contribution in [0.25, 0.3) is 6.08 Å². The van der Waals surface area contributed by atoms with Crippen molar-refractivity contribution in [2.45, 2.75) is 33.1 Å². The van der Waals surface area contributed by atoms with E-state index in [1.54, 1.807) is 20.1 Å². The molecule has 0 aliphatic rings. The zero-order valence-corrected chi connectivity index (χ0v) is 12.9. The van der Waals surface area contributed by atoms with E-state index in [-0.39, 0.29) is 5.97 Å². The van der Waals surface area contributed by atoms with Crippen LogP contribution in [0.4, 0.5) is 0 Å². The zero-order valence-electron chi connectivity index (χ0n) is 12.9. The molecule has 0 heterocycles. The molecule has 3 nitrogen and oxygen atoms in total. The first-order valence-electron chi connectivity index (χ1n) is 7.23. The van der Waals surface area contributed by atoms with E-state index >= 15 is 0 Å². The number of hydrogen-bond acceptors (Lipinski definition) is 3. The van der Waals surface area contributed by atoms with Crippen LogP contribution >= 0.6 is 0 Å². The van der Waals surface area contributed by atoms with Crippen molar-refractivity contribution in [3.05, 3.63) is 35.4 Å². The highest BCUT2D eigenvalue weighted by Crippen LogP contribution is 2.14. The lowest BCUT2D eigenvalue weighted by molar-refractivity contribution is -0.137. The molecule has 0 unspecified atom stereocenters. The molecular weight excluding hydrogens is 264 g/mol. The van der Waals surface area contributed by atoms with E-state index in [4.69, 9.17) is 9.47 Å². The maximum absolute atomic E-state index is 11.9. The SMILES string of the molecule is CCCCC#C/C(=C\c1ccc(OC)cc1)C(=O)OCC. The Morgan fingerprint density at radius 2 is 1.95 bits per heavy atom. The minimum absolute atomic E-state index is 0.343. The maximum Gasteiger partial charge on any atom is 0.346 e. The van der Waals surface area contributed by atoms with Gasteiger partial charge in [-0.15, -0.1) is 0 Å².